The van der Waals surface area contributed by atoms with E-state index in [0.29, 0.717) is 21.1 Å². The van der Waals surface area contributed by atoms with Crippen LogP contribution in [0.3, 0.4) is 0 Å². The fourth-order valence-corrected chi connectivity index (χ4v) is 1.95. The predicted molar refractivity (Wildman–Crippen MR) is 55.6 cm³/mol. The minimum atomic E-state index is 0.469. The Bertz CT molecular complexity index is 260. The molecule has 0 saturated carbocycles. The van der Waals surface area contributed by atoms with Crippen LogP contribution in [-0.4, -0.2) is 7.11 Å². The Kier molecular flexibility index (Phi) is 3.69. The van der Waals surface area contributed by atoms with Crippen molar-refractivity contribution in [2.45, 2.75) is 5.33 Å². The number of alkyl halides is 1. The molecule has 0 unspecified atom stereocenters. The van der Waals surface area contributed by atoms with Gasteiger partial charge in [0.25, 0.3) is 0 Å². The van der Waals surface area contributed by atoms with Gasteiger partial charge in [-0.3, -0.25) is 0 Å². The summed E-state index contributed by atoms with van der Waals surface area (Å²) in [5.74, 6) is 0.603. The lowest BCUT2D eigenvalue weighted by molar-refractivity contribution is 0.415. The average molecular weight is 270 g/mol. The zero-order valence-corrected chi connectivity index (χ0v) is 9.50. The van der Waals surface area contributed by atoms with Gasteiger partial charge in [0.1, 0.15) is 10.8 Å². The van der Waals surface area contributed by atoms with Gasteiger partial charge in [-0.1, -0.05) is 45.2 Å². The zero-order chi connectivity index (χ0) is 9.14. The van der Waals surface area contributed by atoms with E-state index in [1.54, 1.807) is 13.2 Å². The molecule has 1 nitrogen and oxygen atoms in total. The van der Waals surface area contributed by atoms with Crippen LogP contribution < -0.4 is 4.74 Å². The summed E-state index contributed by atoms with van der Waals surface area (Å²) in [5.41, 5.74) is 0.961. The molecule has 1 rings (SSSR count). The molecule has 4 heteroatoms. The molecular weight excluding hydrogens is 263 g/mol. The van der Waals surface area contributed by atoms with Crippen LogP contribution in [0.5, 0.6) is 5.75 Å². The summed E-state index contributed by atoms with van der Waals surface area (Å²) in [6.07, 6.45) is 0. The molecule has 0 bridgehead atoms. The summed E-state index contributed by atoms with van der Waals surface area (Å²) in [4.78, 5) is 0. The van der Waals surface area contributed by atoms with Gasteiger partial charge >= 0.3 is 0 Å². The summed E-state index contributed by atoms with van der Waals surface area (Å²) in [6.45, 7) is 0. The minimum absolute atomic E-state index is 0.469. The zero-order valence-electron chi connectivity index (χ0n) is 6.40. The van der Waals surface area contributed by atoms with E-state index in [2.05, 4.69) is 15.9 Å². The van der Waals surface area contributed by atoms with Gasteiger partial charge in [-0.15, -0.1) is 0 Å². The largest absolute Gasteiger partial charge is 0.495 e. The molecule has 0 radical (unpaired) electrons. The van der Waals surface area contributed by atoms with Crippen molar-refractivity contribution >= 4 is 39.1 Å². The number of methoxy groups -OCH3 is 1. The molecule has 0 aliphatic rings. The molecule has 0 atom stereocenters. The molecule has 12 heavy (non-hydrogen) atoms. The van der Waals surface area contributed by atoms with E-state index in [0.717, 1.165) is 5.56 Å². The molecule has 1 aromatic rings. The van der Waals surface area contributed by atoms with Crippen LogP contribution in [0.2, 0.25) is 10.0 Å². The molecule has 1 aromatic carbocycles. The lowest BCUT2D eigenvalue weighted by atomic mass is 10.2. The topological polar surface area (TPSA) is 9.23 Å². The SMILES string of the molecule is COc1ccc(CBr)c(Cl)c1Cl. The first-order valence-corrected chi connectivity index (χ1v) is 5.15. The van der Waals surface area contributed by atoms with Crippen LogP contribution in [0.4, 0.5) is 0 Å². The summed E-state index contributed by atoms with van der Waals surface area (Å²) in [5, 5.41) is 1.71. The van der Waals surface area contributed by atoms with Crippen LogP contribution in [-0.2, 0) is 5.33 Å². The lowest BCUT2D eigenvalue weighted by Gasteiger charge is -2.06. The summed E-state index contributed by atoms with van der Waals surface area (Å²) >= 11 is 15.1. The van der Waals surface area contributed by atoms with E-state index in [4.69, 9.17) is 27.9 Å². The van der Waals surface area contributed by atoms with Crippen molar-refractivity contribution in [3.05, 3.63) is 27.7 Å². The van der Waals surface area contributed by atoms with Gasteiger partial charge in [-0.2, -0.15) is 0 Å². The van der Waals surface area contributed by atoms with Crippen molar-refractivity contribution in [1.29, 1.82) is 0 Å². The Morgan fingerprint density at radius 3 is 2.50 bits per heavy atom. The highest BCUT2D eigenvalue weighted by Crippen LogP contribution is 2.35. The summed E-state index contributed by atoms with van der Waals surface area (Å²) < 4.78 is 4.99. The van der Waals surface area contributed by atoms with E-state index in [1.165, 1.54) is 0 Å². The fraction of sp³-hybridized carbons (Fsp3) is 0.250. The maximum absolute atomic E-state index is 5.94. The Morgan fingerprint density at radius 1 is 1.33 bits per heavy atom. The van der Waals surface area contributed by atoms with Crippen molar-refractivity contribution in [1.82, 2.24) is 0 Å². The smallest absolute Gasteiger partial charge is 0.138 e. The van der Waals surface area contributed by atoms with E-state index in [-0.39, 0.29) is 0 Å². The second-order valence-electron chi connectivity index (χ2n) is 2.19. The highest BCUT2D eigenvalue weighted by molar-refractivity contribution is 9.08. The Hall–Kier alpha value is 0.0800. The van der Waals surface area contributed by atoms with E-state index < -0.39 is 0 Å². The molecule has 0 saturated heterocycles. The molecule has 0 spiro atoms. The van der Waals surface area contributed by atoms with Gasteiger partial charge in [0, 0.05) is 5.33 Å². The van der Waals surface area contributed by atoms with Gasteiger partial charge in [0.2, 0.25) is 0 Å². The normalized spacial score (nSPS) is 10.0. The maximum Gasteiger partial charge on any atom is 0.138 e. The van der Waals surface area contributed by atoms with Crippen molar-refractivity contribution in [3.8, 4) is 5.75 Å². The van der Waals surface area contributed by atoms with Crippen LogP contribution in [0.25, 0.3) is 0 Å². The molecule has 0 N–H and O–H groups in total. The lowest BCUT2D eigenvalue weighted by Crippen LogP contribution is -1.87. The first-order valence-electron chi connectivity index (χ1n) is 3.27. The Labute approximate surface area is 89.7 Å². The summed E-state index contributed by atoms with van der Waals surface area (Å²) in [7, 11) is 1.56. The first-order chi connectivity index (χ1) is 5.70. The number of halogens is 3. The van der Waals surface area contributed by atoms with Gasteiger partial charge in [-0.25, -0.2) is 0 Å². The highest BCUT2D eigenvalue weighted by atomic mass is 79.9. The van der Waals surface area contributed by atoms with Crippen LogP contribution in [0.1, 0.15) is 5.56 Å². The quantitative estimate of drug-likeness (QED) is 0.740. The highest BCUT2D eigenvalue weighted by Gasteiger charge is 2.08. The van der Waals surface area contributed by atoms with Crippen LogP contribution in [0, 0.1) is 0 Å². The number of hydrogen-bond donors (Lipinski definition) is 0. The maximum atomic E-state index is 5.94. The third-order valence-corrected chi connectivity index (χ3v) is 3.00. The van der Waals surface area contributed by atoms with E-state index in [1.807, 2.05) is 6.07 Å². The standard InChI is InChI=1S/C8H7BrCl2O/c1-12-6-3-2-5(4-9)7(10)8(6)11/h2-3H,4H2,1H3. The van der Waals surface area contributed by atoms with Gasteiger partial charge in [0.15, 0.2) is 0 Å². The predicted octanol–water partition coefficient (Wildman–Crippen LogP) is 3.90. The van der Waals surface area contributed by atoms with Crippen molar-refractivity contribution in [2.24, 2.45) is 0 Å². The number of ether oxygens (including phenoxy) is 1. The minimum Gasteiger partial charge on any atom is -0.495 e. The van der Waals surface area contributed by atoms with Crippen LogP contribution in [0.15, 0.2) is 12.1 Å². The average Bonchev–Trinajstić information content (AvgIpc) is 2.10. The first kappa shape index (κ1) is 10.2. The van der Waals surface area contributed by atoms with Gasteiger partial charge < -0.3 is 4.74 Å². The van der Waals surface area contributed by atoms with Crippen LogP contribution >= 0.6 is 39.1 Å². The molecule has 0 aliphatic heterocycles. The van der Waals surface area contributed by atoms with E-state index >= 15 is 0 Å². The number of rotatable bonds is 2. The number of benzene rings is 1. The molecular formula is C8H7BrCl2O. The third kappa shape index (κ3) is 1.87. The molecule has 0 heterocycles. The number of hydrogen-bond acceptors (Lipinski definition) is 1. The molecule has 66 valence electrons. The van der Waals surface area contributed by atoms with Gasteiger partial charge in [0.05, 0.1) is 12.1 Å². The van der Waals surface area contributed by atoms with Gasteiger partial charge in [-0.05, 0) is 11.6 Å². The third-order valence-electron chi connectivity index (χ3n) is 1.49. The second kappa shape index (κ2) is 4.35. The van der Waals surface area contributed by atoms with Crippen molar-refractivity contribution < 1.29 is 4.74 Å². The molecule has 0 aliphatic carbocycles. The Balaban J connectivity index is 3.20. The fourth-order valence-electron chi connectivity index (χ4n) is 0.833. The monoisotopic (exact) mass is 268 g/mol. The molecule has 0 aromatic heterocycles. The van der Waals surface area contributed by atoms with E-state index in [9.17, 15) is 0 Å². The second-order valence-corrected chi connectivity index (χ2v) is 3.51. The van der Waals surface area contributed by atoms with Crippen molar-refractivity contribution in [2.75, 3.05) is 7.11 Å². The molecule has 0 fully saturated rings. The summed E-state index contributed by atoms with van der Waals surface area (Å²) in [6, 6.07) is 3.67. The molecule has 0 amide bonds. The van der Waals surface area contributed by atoms with Crippen molar-refractivity contribution in [3.63, 3.8) is 0 Å². The Morgan fingerprint density at radius 2 is 2.00 bits per heavy atom.